The summed E-state index contributed by atoms with van der Waals surface area (Å²) in [5.41, 5.74) is 2.34. The van der Waals surface area contributed by atoms with E-state index in [1.165, 1.54) is 23.5 Å². The zero-order chi connectivity index (χ0) is 21.3. The Morgan fingerprint density at radius 2 is 1.93 bits per heavy atom. The average molecular weight is 479 g/mol. The molecule has 30 heavy (non-hydrogen) atoms. The molecule has 4 rings (SSSR count). The van der Waals surface area contributed by atoms with Crippen molar-refractivity contribution in [1.82, 2.24) is 10.6 Å². The van der Waals surface area contributed by atoms with E-state index >= 15 is 0 Å². The molecule has 0 aromatic heterocycles. The average Bonchev–Trinajstić information content (AvgIpc) is 3.05. The van der Waals surface area contributed by atoms with Gasteiger partial charge in [0.15, 0.2) is 0 Å². The first-order chi connectivity index (χ1) is 14.4. The molecule has 156 valence electrons. The Bertz CT molecular complexity index is 971. The minimum Gasteiger partial charge on any atom is -0.331 e. The van der Waals surface area contributed by atoms with Crippen molar-refractivity contribution in [2.45, 2.75) is 23.8 Å². The van der Waals surface area contributed by atoms with Crippen molar-refractivity contribution in [3.8, 4) is 0 Å². The topological polar surface area (TPSA) is 73.5 Å². The minimum atomic E-state index is -0.404. The van der Waals surface area contributed by atoms with E-state index in [2.05, 4.69) is 16.0 Å². The number of carbonyl (C=O) groups excluding carboxylic acids is 2. The molecule has 10 heteroatoms. The lowest BCUT2D eigenvalue weighted by Crippen LogP contribution is -2.64. The largest absolute Gasteiger partial charge is 0.331 e. The standard InChI is InChI=1S/C20H19ClN4O2S3/c1-11-2-6-13(7-3-11)22-15(26)10-29-19-23-17-16(18(27)24-19)30-20(28)25(17)14-8-4-12(21)5-9-14/h2-9,16-17,19,23H,10H2,1H3,(H,22,26)(H,24,27). The maximum absolute atomic E-state index is 12.6. The van der Waals surface area contributed by atoms with Gasteiger partial charge in [0, 0.05) is 16.4 Å². The van der Waals surface area contributed by atoms with E-state index in [0.29, 0.717) is 9.34 Å². The van der Waals surface area contributed by atoms with Crippen LogP contribution >= 0.6 is 47.3 Å². The monoisotopic (exact) mass is 478 g/mol. The Morgan fingerprint density at radius 3 is 2.63 bits per heavy atom. The zero-order valence-electron chi connectivity index (χ0n) is 15.9. The lowest BCUT2D eigenvalue weighted by atomic mass is 10.2. The molecule has 0 saturated carbocycles. The number of amides is 2. The third-order valence-corrected chi connectivity index (χ3v) is 7.54. The van der Waals surface area contributed by atoms with Crippen LogP contribution in [0.5, 0.6) is 0 Å². The van der Waals surface area contributed by atoms with Crippen LogP contribution in [-0.2, 0) is 9.59 Å². The SMILES string of the molecule is Cc1ccc(NC(=O)CSC2NC(=O)C3SC(=S)N(c4ccc(Cl)cc4)C3N2)cc1. The van der Waals surface area contributed by atoms with E-state index < -0.39 is 5.50 Å². The Labute approximate surface area is 193 Å². The summed E-state index contributed by atoms with van der Waals surface area (Å²) in [6, 6.07) is 15.0. The quantitative estimate of drug-likeness (QED) is 0.567. The summed E-state index contributed by atoms with van der Waals surface area (Å²) in [5.74, 6) is -0.0335. The van der Waals surface area contributed by atoms with Crippen LogP contribution in [0.3, 0.4) is 0 Å². The molecule has 2 aromatic rings. The van der Waals surface area contributed by atoms with E-state index in [9.17, 15) is 9.59 Å². The summed E-state index contributed by atoms with van der Waals surface area (Å²) in [6.07, 6.45) is -0.296. The molecule has 2 heterocycles. The molecule has 0 bridgehead atoms. The number of hydrogen-bond donors (Lipinski definition) is 3. The highest BCUT2D eigenvalue weighted by molar-refractivity contribution is 8.24. The molecule has 2 aliphatic heterocycles. The van der Waals surface area contributed by atoms with Crippen molar-refractivity contribution in [2.24, 2.45) is 0 Å². The van der Waals surface area contributed by atoms with E-state index in [4.69, 9.17) is 23.8 Å². The molecule has 0 aliphatic carbocycles. The van der Waals surface area contributed by atoms with Gasteiger partial charge in [0.05, 0.1) is 5.75 Å². The second-order valence-electron chi connectivity index (χ2n) is 6.88. The fourth-order valence-corrected chi connectivity index (χ4v) is 5.73. The maximum atomic E-state index is 12.6. The number of thiocarbonyl (C=S) groups is 1. The third kappa shape index (κ3) is 4.76. The van der Waals surface area contributed by atoms with E-state index in [-0.39, 0.29) is 29.0 Å². The number of nitrogens with one attached hydrogen (secondary N) is 3. The molecule has 2 saturated heterocycles. The van der Waals surface area contributed by atoms with E-state index in [1.807, 2.05) is 48.2 Å². The predicted molar refractivity (Wildman–Crippen MR) is 129 cm³/mol. The lowest BCUT2D eigenvalue weighted by Gasteiger charge is -2.36. The Hall–Kier alpha value is -1.78. The normalized spacial score (nSPS) is 23.1. The van der Waals surface area contributed by atoms with Gasteiger partial charge in [0.1, 0.15) is 21.2 Å². The summed E-state index contributed by atoms with van der Waals surface area (Å²) < 4.78 is 0.623. The Morgan fingerprint density at radius 1 is 1.23 bits per heavy atom. The van der Waals surface area contributed by atoms with Crippen molar-refractivity contribution in [2.75, 3.05) is 16.0 Å². The van der Waals surface area contributed by atoms with Gasteiger partial charge in [-0.2, -0.15) is 0 Å². The first kappa shape index (κ1) is 21.5. The lowest BCUT2D eigenvalue weighted by molar-refractivity contribution is -0.122. The number of hydrogen-bond acceptors (Lipinski definition) is 6. The van der Waals surface area contributed by atoms with Gasteiger partial charge in [0.25, 0.3) is 0 Å². The third-order valence-electron chi connectivity index (χ3n) is 4.66. The highest BCUT2D eigenvalue weighted by Crippen LogP contribution is 2.37. The van der Waals surface area contributed by atoms with Crippen molar-refractivity contribution < 1.29 is 9.59 Å². The van der Waals surface area contributed by atoms with Gasteiger partial charge in [-0.1, -0.05) is 53.3 Å². The Kier molecular flexibility index (Phi) is 6.54. The summed E-state index contributed by atoms with van der Waals surface area (Å²) in [7, 11) is 0. The molecule has 3 atom stereocenters. The van der Waals surface area contributed by atoms with Gasteiger partial charge < -0.3 is 15.5 Å². The Balaban J connectivity index is 1.39. The highest BCUT2D eigenvalue weighted by atomic mass is 35.5. The molecule has 0 spiro atoms. The fraction of sp³-hybridized carbons (Fsp3) is 0.250. The number of halogens is 1. The van der Waals surface area contributed by atoms with Crippen LogP contribution in [0.1, 0.15) is 5.56 Å². The van der Waals surface area contributed by atoms with Crippen molar-refractivity contribution in [1.29, 1.82) is 0 Å². The van der Waals surface area contributed by atoms with Crippen LogP contribution in [0, 0.1) is 6.92 Å². The number of carbonyl (C=O) groups is 2. The van der Waals surface area contributed by atoms with Gasteiger partial charge in [0.2, 0.25) is 11.8 Å². The van der Waals surface area contributed by atoms with E-state index in [1.54, 1.807) is 12.1 Å². The summed E-state index contributed by atoms with van der Waals surface area (Å²) in [4.78, 5) is 26.9. The number of benzene rings is 2. The number of thioether (sulfide) groups is 2. The fourth-order valence-electron chi connectivity index (χ4n) is 3.20. The number of rotatable bonds is 5. The van der Waals surface area contributed by atoms with Gasteiger partial charge in [-0.15, -0.1) is 11.8 Å². The second-order valence-corrected chi connectivity index (χ2v) is 10.2. The van der Waals surface area contributed by atoms with Crippen molar-refractivity contribution in [3.63, 3.8) is 0 Å². The highest BCUT2D eigenvalue weighted by Gasteiger charge is 2.47. The first-order valence-corrected chi connectivity index (χ1v) is 11.9. The molecule has 2 amide bonds. The van der Waals surface area contributed by atoms with Crippen LogP contribution in [-0.4, -0.2) is 38.8 Å². The van der Waals surface area contributed by atoms with Crippen LogP contribution < -0.4 is 20.9 Å². The van der Waals surface area contributed by atoms with E-state index in [0.717, 1.165) is 16.9 Å². The molecular formula is C20H19ClN4O2S3. The molecule has 0 radical (unpaired) electrons. The molecule has 2 aliphatic rings. The number of anilines is 2. The van der Waals surface area contributed by atoms with Crippen molar-refractivity contribution >= 4 is 74.9 Å². The smallest absolute Gasteiger partial charge is 0.238 e. The number of aryl methyl sites for hydroxylation is 1. The summed E-state index contributed by atoms with van der Waals surface area (Å²) >= 11 is 14.2. The number of nitrogens with zero attached hydrogens (tertiary/aromatic N) is 1. The summed E-state index contributed by atoms with van der Waals surface area (Å²) in [6.45, 7) is 1.99. The zero-order valence-corrected chi connectivity index (χ0v) is 19.1. The van der Waals surface area contributed by atoms with Gasteiger partial charge in [-0.05, 0) is 43.3 Å². The van der Waals surface area contributed by atoms with Gasteiger partial charge in [-0.25, -0.2) is 0 Å². The molecule has 2 fully saturated rings. The predicted octanol–water partition coefficient (Wildman–Crippen LogP) is 3.56. The molecule has 3 unspecified atom stereocenters. The van der Waals surface area contributed by atoms with Gasteiger partial charge in [-0.3, -0.25) is 14.9 Å². The molecular weight excluding hydrogens is 460 g/mol. The first-order valence-electron chi connectivity index (χ1n) is 9.21. The molecule has 2 aromatic carbocycles. The van der Waals surface area contributed by atoms with Crippen LogP contribution in [0.15, 0.2) is 48.5 Å². The van der Waals surface area contributed by atoms with Crippen LogP contribution in [0.25, 0.3) is 0 Å². The number of fused-ring (bicyclic) bond motifs is 1. The van der Waals surface area contributed by atoms with Gasteiger partial charge >= 0.3 is 0 Å². The molecule has 3 N–H and O–H groups in total. The minimum absolute atomic E-state index is 0.0981. The van der Waals surface area contributed by atoms with Crippen LogP contribution in [0.4, 0.5) is 11.4 Å². The maximum Gasteiger partial charge on any atom is 0.238 e. The van der Waals surface area contributed by atoms with Crippen molar-refractivity contribution in [3.05, 3.63) is 59.1 Å². The second kappa shape index (κ2) is 9.15. The molecule has 6 nitrogen and oxygen atoms in total. The van der Waals surface area contributed by atoms with Crippen LogP contribution in [0.2, 0.25) is 5.02 Å². The summed E-state index contributed by atoms with van der Waals surface area (Å²) in [5, 5.41) is 9.47.